The van der Waals surface area contributed by atoms with Crippen LogP contribution in [0.15, 0.2) is 47.6 Å². The fourth-order valence-corrected chi connectivity index (χ4v) is 8.05. The van der Waals surface area contributed by atoms with Gasteiger partial charge >= 0.3 is 0 Å². The Bertz CT molecular complexity index is 894. The molecule has 0 heterocycles. The zero-order valence-electron chi connectivity index (χ0n) is 21.4. The molecule has 0 saturated heterocycles. The number of fused-ring (bicyclic) bond motifs is 1. The Morgan fingerprint density at radius 3 is 2.64 bits per heavy atom. The molecule has 6 unspecified atom stereocenters. The van der Waals surface area contributed by atoms with Gasteiger partial charge in [-0.15, -0.1) is 0 Å². The molecule has 3 saturated carbocycles. The van der Waals surface area contributed by atoms with E-state index in [4.69, 9.17) is 0 Å². The lowest BCUT2D eigenvalue weighted by Crippen LogP contribution is -2.35. The van der Waals surface area contributed by atoms with Gasteiger partial charge in [0.1, 0.15) is 0 Å². The zero-order chi connectivity index (χ0) is 24.2. The smallest absolute Gasteiger partial charge is 0.156 e. The van der Waals surface area contributed by atoms with Crippen molar-refractivity contribution in [1.29, 1.82) is 0 Å². The normalized spacial score (nSPS) is 35.3. The van der Waals surface area contributed by atoms with Crippen molar-refractivity contribution in [2.45, 2.75) is 103 Å². The van der Waals surface area contributed by atoms with Crippen molar-refractivity contribution in [2.24, 2.45) is 23.2 Å². The largest absolute Gasteiger partial charge is 0.393 e. The van der Waals surface area contributed by atoms with Gasteiger partial charge in [-0.3, -0.25) is 0 Å². The number of aliphatic hydroxyl groups is 1. The van der Waals surface area contributed by atoms with E-state index in [0.29, 0.717) is 23.5 Å². The van der Waals surface area contributed by atoms with Crippen molar-refractivity contribution in [2.75, 3.05) is 5.75 Å². The van der Waals surface area contributed by atoms with Crippen molar-refractivity contribution in [3.05, 3.63) is 47.6 Å². The Morgan fingerprint density at radius 1 is 1.15 bits per heavy atom. The van der Waals surface area contributed by atoms with Crippen molar-refractivity contribution in [1.82, 2.24) is 0 Å². The quantitative estimate of drug-likeness (QED) is 0.387. The summed E-state index contributed by atoms with van der Waals surface area (Å²) < 4.78 is 25.0. The second kappa shape index (κ2) is 11.1. The number of hydrogen-bond acceptors (Lipinski definition) is 3. The molecule has 0 aromatic carbocycles. The highest BCUT2D eigenvalue weighted by molar-refractivity contribution is 7.92. The third kappa shape index (κ3) is 6.11. The lowest BCUT2D eigenvalue weighted by Gasteiger charge is -2.44. The average Bonchev–Trinajstić information content (AvgIpc) is 3.14. The van der Waals surface area contributed by atoms with Gasteiger partial charge in [0, 0.05) is 0 Å². The van der Waals surface area contributed by atoms with Gasteiger partial charge in [0.25, 0.3) is 0 Å². The molecule has 3 nitrogen and oxygen atoms in total. The molecule has 0 aromatic rings. The summed E-state index contributed by atoms with van der Waals surface area (Å²) in [5.41, 5.74) is 4.25. The molecule has 0 aliphatic heterocycles. The van der Waals surface area contributed by atoms with E-state index in [2.05, 4.69) is 38.7 Å². The molecule has 33 heavy (non-hydrogen) atoms. The monoisotopic (exact) mass is 474 g/mol. The fourth-order valence-electron chi connectivity index (χ4n) is 6.66. The Kier molecular flexibility index (Phi) is 8.88. The minimum Gasteiger partial charge on any atom is -0.393 e. The molecule has 0 radical (unpaired) electrons. The predicted molar refractivity (Wildman–Crippen MR) is 140 cm³/mol. The molecule has 0 amide bonds. The molecule has 3 fully saturated rings. The summed E-state index contributed by atoms with van der Waals surface area (Å²) in [5.74, 6) is 1.87. The van der Waals surface area contributed by atoms with Crippen LogP contribution in [-0.4, -0.2) is 30.6 Å². The minimum atomic E-state index is -3.04. The number of allylic oxidation sites excluding steroid dienone is 5. The van der Waals surface area contributed by atoms with E-state index in [9.17, 15) is 13.5 Å². The van der Waals surface area contributed by atoms with Gasteiger partial charge in [0.05, 0.1) is 17.1 Å². The molecular weight excluding hydrogens is 428 g/mol. The van der Waals surface area contributed by atoms with Crippen molar-refractivity contribution in [3.63, 3.8) is 0 Å². The fraction of sp³-hybridized carbons (Fsp3) is 0.724. The number of rotatable bonds is 8. The maximum Gasteiger partial charge on any atom is 0.156 e. The van der Waals surface area contributed by atoms with Gasteiger partial charge in [0.15, 0.2) is 9.84 Å². The van der Waals surface area contributed by atoms with E-state index in [1.54, 1.807) is 5.57 Å². The molecule has 6 atom stereocenters. The van der Waals surface area contributed by atoms with Crippen LogP contribution in [0.25, 0.3) is 0 Å². The summed E-state index contributed by atoms with van der Waals surface area (Å²) >= 11 is 0. The Balaban J connectivity index is 1.71. The highest BCUT2D eigenvalue weighted by Gasteiger charge is 2.50. The third-order valence-corrected chi connectivity index (χ3v) is 11.0. The van der Waals surface area contributed by atoms with E-state index in [1.165, 1.54) is 43.3 Å². The molecule has 0 aromatic heterocycles. The molecular formula is C29H46O3S. The molecule has 3 rings (SSSR count). The van der Waals surface area contributed by atoms with Crippen LogP contribution in [-0.2, 0) is 9.84 Å². The van der Waals surface area contributed by atoms with Crippen LogP contribution in [0.4, 0.5) is 0 Å². The standard InChI is InChI=1S/C29H46O3S/c1-6-7-19-33(31,32)23(4)12-10-22(3)27-16-17-28-24(9-8-18-29(27,28)5)13-14-25-20-26(30)15-11-21(25)2/h10,12-14,22-23,26-28,30H,2,6-9,11,15-20H2,1,3-5H3/b12-10+,24-13+,25-14-. The highest BCUT2D eigenvalue weighted by Crippen LogP contribution is 2.59. The molecule has 3 aliphatic carbocycles. The molecule has 4 heteroatoms. The molecule has 0 spiro atoms. The number of sulfone groups is 1. The summed E-state index contributed by atoms with van der Waals surface area (Å²) in [6, 6.07) is 0. The summed E-state index contributed by atoms with van der Waals surface area (Å²) in [6.07, 6.45) is 18.7. The number of aliphatic hydroxyl groups excluding tert-OH is 1. The number of hydrogen-bond donors (Lipinski definition) is 1. The lowest BCUT2D eigenvalue weighted by molar-refractivity contribution is 0.112. The minimum absolute atomic E-state index is 0.228. The first-order valence-electron chi connectivity index (χ1n) is 13.2. The molecule has 186 valence electrons. The van der Waals surface area contributed by atoms with Gasteiger partial charge in [-0.1, -0.05) is 69.2 Å². The van der Waals surface area contributed by atoms with Crippen molar-refractivity contribution in [3.8, 4) is 0 Å². The molecule has 1 N–H and O–H groups in total. The van der Waals surface area contributed by atoms with Crippen LogP contribution in [0.1, 0.15) is 91.9 Å². The maximum atomic E-state index is 12.5. The third-order valence-electron chi connectivity index (χ3n) is 8.89. The van der Waals surface area contributed by atoms with Crippen LogP contribution in [0, 0.1) is 23.2 Å². The van der Waals surface area contributed by atoms with Crippen LogP contribution in [0.3, 0.4) is 0 Å². The van der Waals surface area contributed by atoms with Gasteiger partial charge in [-0.2, -0.15) is 0 Å². The Morgan fingerprint density at radius 2 is 1.91 bits per heavy atom. The lowest BCUT2D eigenvalue weighted by atomic mass is 9.61. The van der Waals surface area contributed by atoms with E-state index in [1.807, 2.05) is 19.9 Å². The van der Waals surface area contributed by atoms with Gasteiger partial charge in [-0.25, -0.2) is 8.42 Å². The van der Waals surface area contributed by atoms with E-state index in [-0.39, 0.29) is 11.5 Å². The van der Waals surface area contributed by atoms with Crippen LogP contribution in [0.5, 0.6) is 0 Å². The summed E-state index contributed by atoms with van der Waals surface area (Å²) in [5, 5.41) is 9.66. The van der Waals surface area contributed by atoms with Crippen molar-refractivity contribution < 1.29 is 13.5 Å². The maximum absolute atomic E-state index is 12.5. The first-order valence-corrected chi connectivity index (χ1v) is 15.0. The molecule has 0 bridgehead atoms. The van der Waals surface area contributed by atoms with Gasteiger partial charge in [-0.05, 0) is 93.5 Å². The SMILES string of the molecule is C=C1CCC(O)C/C1=C/C=C1\CCCC2(C)C1CCC2C(C)/C=C/C(C)S(=O)(=O)CCCC. The topological polar surface area (TPSA) is 54.4 Å². The molecule has 3 aliphatic rings. The number of unbranched alkanes of at least 4 members (excludes halogenated alkanes) is 1. The first kappa shape index (κ1) is 26.5. The van der Waals surface area contributed by atoms with Gasteiger partial charge in [0.2, 0.25) is 0 Å². The first-order chi connectivity index (χ1) is 15.6. The van der Waals surface area contributed by atoms with Gasteiger partial charge < -0.3 is 5.11 Å². The summed E-state index contributed by atoms with van der Waals surface area (Å²) in [6.45, 7) is 12.8. The Labute approximate surface area is 203 Å². The summed E-state index contributed by atoms with van der Waals surface area (Å²) in [7, 11) is -3.04. The summed E-state index contributed by atoms with van der Waals surface area (Å²) in [4.78, 5) is 0. The van der Waals surface area contributed by atoms with Crippen molar-refractivity contribution >= 4 is 9.84 Å². The zero-order valence-corrected chi connectivity index (χ0v) is 22.2. The Hall–Kier alpha value is -1.13. The van der Waals surface area contributed by atoms with E-state index < -0.39 is 15.1 Å². The second-order valence-electron chi connectivity index (χ2n) is 11.2. The van der Waals surface area contributed by atoms with E-state index in [0.717, 1.165) is 32.1 Å². The highest BCUT2D eigenvalue weighted by atomic mass is 32.2. The van der Waals surface area contributed by atoms with Crippen LogP contribution in [0.2, 0.25) is 0 Å². The van der Waals surface area contributed by atoms with Crippen LogP contribution < -0.4 is 0 Å². The predicted octanol–water partition coefficient (Wildman–Crippen LogP) is 6.95. The van der Waals surface area contributed by atoms with E-state index >= 15 is 0 Å². The average molecular weight is 475 g/mol. The van der Waals surface area contributed by atoms with Crippen LogP contribution >= 0.6 is 0 Å². The second-order valence-corrected chi connectivity index (χ2v) is 13.7.